The molecule has 3 heteroatoms. The molecule has 7 heavy (non-hydrogen) atoms. The van der Waals surface area contributed by atoms with E-state index in [4.69, 9.17) is 11.6 Å². The molecule has 0 atom stereocenters. The van der Waals surface area contributed by atoms with E-state index in [2.05, 4.69) is 16.2 Å². The van der Waals surface area contributed by atoms with Crippen molar-refractivity contribution in [2.45, 2.75) is 6.92 Å². The summed E-state index contributed by atoms with van der Waals surface area (Å²) in [5, 5.41) is 0.400. The average Bonchev–Trinajstić information content (AvgIpc) is 1.87. The first-order chi connectivity index (χ1) is 3.29. The molecular weight excluding hydrogens is 112 g/mol. The molecule has 0 aliphatic carbocycles. The number of hydrogen-bond donors (Lipinski definition) is 1. The Morgan fingerprint density at radius 1 is 1.86 bits per heavy atom. The first-order valence-electron chi connectivity index (χ1n) is 1.89. The Bertz CT molecular complexity index is 142. The van der Waals surface area contributed by atoms with E-state index in [1.165, 1.54) is 0 Å². The van der Waals surface area contributed by atoms with Crippen LogP contribution in [-0.4, -0.2) is 9.97 Å². The van der Waals surface area contributed by atoms with Crippen LogP contribution in [-0.2, 0) is 0 Å². The number of aryl methyl sites for hydroxylation is 1. The van der Waals surface area contributed by atoms with Crippen LogP contribution < -0.4 is 0 Å². The SMILES string of the molecule is Cc1nc(Cl)[c][nH]1. The molecule has 1 aromatic rings. The standard InChI is InChI=1S/C4H4ClN2/c1-3-6-2-4(5)7-3/h1H3,(H,6,7). The molecule has 1 rings (SSSR count). The lowest BCUT2D eigenvalue weighted by atomic mass is 10.8. The van der Waals surface area contributed by atoms with Gasteiger partial charge in [0.15, 0.2) is 5.15 Å². The number of H-pyrrole nitrogens is 1. The highest BCUT2D eigenvalue weighted by Crippen LogP contribution is 1.99. The highest BCUT2D eigenvalue weighted by molar-refractivity contribution is 6.29. The zero-order valence-electron chi connectivity index (χ0n) is 3.83. The van der Waals surface area contributed by atoms with Gasteiger partial charge in [0.25, 0.3) is 0 Å². The number of imidazole rings is 1. The summed E-state index contributed by atoms with van der Waals surface area (Å²) in [6.07, 6.45) is 2.60. The highest BCUT2D eigenvalue weighted by Gasteiger charge is 1.88. The van der Waals surface area contributed by atoms with E-state index in [1.54, 1.807) is 0 Å². The van der Waals surface area contributed by atoms with Crippen LogP contribution in [0.25, 0.3) is 0 Å². The summed E-state index contributed by atoms with van der Waals surface area (Å²) in [5.41, 5.74) is 0. The maximum absolute atomic E-state index is 5.36. The van der Waals surface area contributed by atoms with Crippen LogP contribution in [0.15, 0.2) is 0 Å². The third-order valence-electron chi connectivity index (χ3n) is 0.612. The topological polar surface area (TPSA) is 28.7 Å². The Hall–Kier alpha value is -0.500. The molecule has 1 radical (unpaired) electrons. The minimum absolute atomic E-state index is 0.400. The summed E-state index contributed by atoms with van der Waals surface area (Å²) < 4.78 is 0. The Balaban J connectivity index is 3.04. The lowest BCUT2D eigenvalue weighted by Gasteiger charge is -1.69. The van der Waals surface area contributed by atoms with Crippen LogP contribution in [0.4, 0.5) is 0 Å². The molecule has 0 saturated heterocycles. The summed E-state index contributed by atoms with van der Waals surface area (Å²) in [7, 11) is 0. The van der Waals surface area contributed by atoms with E-state index < -0.39 is 0 Å². The molecule has 0 amide bonds. The van der Waals surface area contributed by atoms with E-state index in [-0.39, 0.29) is 0 Å². The monoisotopic (exact) mass is 115 g/mol. The number of hydrogen-bond acceptors (Lipinski definition) is 1. The van der Waals surface area contributed by atoms with Crippen molar-refractivity contribution in [1.82, 2.24) is 9.97 Å². The van der Waals surface area contributed by atoms with Crippen molar-refractivity contribution in [3.63, 3.8) is 0 Å². The molecule has 0 aliphatic rings. The number of nitrogens with zero attached hydrogens (tertiary/aromatic N) is 1. The van der Waals surface area contributed by atoms with Gasteiger partial charge in [0, 0.05) is 0 Å². The van der Waals surface area contributed by atoms with Gasteiger partial charge in [-0.1, -0.05) is 11.6 Å². The van der Waals surface area contributed by atoms with Crippen molar-refractivity contribution in [2.75, 3.05) is 0 Å². The number of aromatic nitrogens is 2. The molecule has 0 fully saturated rings. The molecule has 1 N–H and O–H groups in total. The van der Waals surface area contributed by atoms with Crippen molar-refractivity contribution in [3.05, 3.63) is 17.2 Å². The van der Waals surface area contributed by atoms with Crippen molar-refractivity contribution in [3.8, 4) is 0 Å². The summed E-state index contributed by atoms with van der Waals surface area (Å²) in [4.78, 5) is 6.47. The molecule has 2 nitrogen and oxygen atoms in total. The van der Waals surface area contributed by atoms with Crippen molar-refractivity contribution in [2.24, 2.45) is 0 Å². The average molecular weight is 116 g/mol. The van der Waals surface area contributed by atoms with Crippen LogP contribution in [0.1, 0.15) is 5.82 Å². The number of aromatic amines is 1. The molecule has 37 valence electrons. The first kappa shape index (κ1) is 4.65. The lowest BCUT2D eigenvalue weighted by Crippen LogP contribution is -1.67. The van der Waals surface area contributed by atoms with Gasteiger partial charge in [0.05, 0.1) is 0 Å². The maximum Gasteiger partial charge on any atom is 0.156 e. The Labute approximate surface area is 46.5 Å². The van der Waals surface area contributed by atoms with Gasteiger partial charge in [-0.3, -0.25) is 0 Å². The second kappa shape index (κ2) is 1.54. The van der Waals surface area contributed by atoms with Crippen LogP contribution in [0.5, 0.6) is 0 Å². The summed E-state index contributed by atoms with van der Waals surface area (Å²) in [6.45, 7) is 1.82. The third kappa shape index (κ3) is 0.933. The Morgan fingerprint density at radius 2 is 2.57 bits per heavy atom. The second-order valence-electron chi connectivity index (χ2n) is 1.24. The predicted molar refractivity (Wildman–Crippen MR) is 27.2 cm³/mol. The van der Waals surface area contributed by atoms with Crippen LogP contribution in [0.3, 0.4) is 0 Å². The Morgan fingerprint density at radius 3 is 2.71 bits per heavy atom. The van der Waals surface area contributed by atoms with Gasteiger partial charge in [0.1, 0.15) is 12.0 Å². The van der Waals surface area contributed by atoms with E-state index in [0.29, 0.717) is 5.15 Å². The van der Waals surface area contributed by atoms with Gasteiger partial charge < -0.3 is 4.98 Å². The number of rotatable bonds is 0. The Kier molecular flexibility index (Phi) is 1.02. The van der Waals surface area contributed by atoms with E-state index >= 15 is 0 Å². The van der Waals surface area contributed by atoms with Crippen molar-refractivity contribution in [1.29, 1.82) is 0 Å². The van der Waals surface area contributed by atoms with Gasteiger partial charge >= 0.3 is 0 Å². The molecule has 0 saturated carbocycles. The smallest absolute Gasteiger partial charge is 0.156 e. The van der Waals surface area contributed by atoms with Gasteiger partial charge in [-0.2, -0.15) is 0 Å². The molecule has 0 bridgehead atoms. The van der Waals surface area contributed by atoms with Gasteiger partial charge in [-0.15, -0.1) is 0 Å². The summed E-state index contributed by atoms with van der Waals surface area (Å²) in [5.74, 6) is 0.796. The van der Waals surface area contributed by atoms with Crippen LogP contribution in [0, 0.1) is 13.1 Å². The molecular formula is C4H4ClN2. The first-order valence-corrected chi connectivity index (χ1v) is 2.26. The summed E-state index contributed by atoms with van der Waals surface area (Å²) in [6, 6.07) is 0. The molecule has 0 aliphatic heterocycles. The zero-order chi connectivity index (χ0) is 5.28. The van der Waals surface area contributed by atoms with E-state index in [1.807, 2.05) is 6.92 Å². The molecule has 0 aromatic carbocycles. The normalized spacial score (nSPS) is 9.43. The third-order valence-corrected chi connectivity index (χ3v) is 0.791. The van der Waals surface area contributed by atoms with Gasteiger partial charge in [-0.25, -0.2) is 4.98 Å². The largest absolute Gasteiger partial charge is 0.340 e. The molecule has 1 heterocycles. The lowest BCUT2D eigenvalue weighted by molar-refractivity contribution is 1.15. The number of nitrogens with one attached hydrogen (secondary N) is 1. The fraction of sp³-hybridized carbons (Fsp3) is 0.250. The van der Waals surface area contributed by atoms with E-state index in [0.717, 1.165) is 5.82 Å². The maximum atomic E-state index is 5.36. The molecule has 0 spiro atoms. The fourth-order valence-electron chi connectivity index (χ4n) is 0.345. The summed E-state index contributed by atoms with van der Waals surface area (Å²) >= 11 is 5.36. The fourth-order valence-corrected chi connectivity index (χ4v) is 0.519. The molecule has 0 unspecified atom stereocenters. The van der Waals surface area contributed by atoms with Gasteiger partial charge in [-0.05, 0) is 6.92 Å². The van der Waals surface area contributed by atoms with Gasteiger partial charge in [0.2, 0.25) is 0 Å². The minimum atomic E-state index is 0.400. The van der Waals surface area contributed by atoms with Crippen LogP contribution in [0.2, 0.25) is 5.15 Å². The highest BCUT2D eigenvalue weighted by atomic mass is 35.5. The predicted octanol–water partition coefficient (Wildman–Crippen LogP) is 1.17. The van der Waals surface area contributed by atoms with E-state index in [9.17, 15) is 0 Å². The zero-order valence-corrected chi connectivity index (χ0v) is 4.58. The van der Waals surface area contributed by atoms with Crippen LogP contribution >= 0.6 is 11.6 Å². The quantitative estimate of drug-likeness (QED) is 0.540. The van der Waals surface area contributed by atoms with Crippen molar-refractivity contribution >= 4 is 11.6 Å². The second-order valence-corrected chi connectivity index (χ2v) is 1.60. The number of halogens is 1. The minimum Gasteiger partial charge on any atom is -0.340 e. The van der Waals surface area contributed by atoms with Crippen molar-refractivity contribution < 1.29 is 0 Å². The molecule has 1 aromatic heterocycles.